The Morgan fingerprint density at radius 2 is 1.62 bits per heavy atom. The maximum absolute atomic E-state index is 10.7. The highest BCUT2D eigenvalue weighted by molar-refractivity contribution is 6.70. The molecule has 1 aromatic carbocycles. The molecule has 1 aromatic rings. The first kappa shape index (κ1) is 17.5. The van der Waals surface area contributed by atoms with Gasteiger partial charge in [0.1, 0.15) is 11.5 Å². The summed E-state index contributed by atoms with van der Waals surface area (Å²) in [6.07, 6.45) is 2.67. The summed E-state index contributed by atoms with van der Waals surface area (Å²) in [7, 11) is -3.48. The van der Waals surface area contributed by atoms with Gasteiger partial charge in [0.05, 0.1) is 0 Å². The summed E-state index contributed by atoms with van der Waals surface area (Å²) in [5.74, 6) is 0.480. The van der Waals surface area contributed by atoms with Gasteiger partial charge in [0, 0.05) is 17.7 Å². The zero-order valence-corrected chi connectivity index (χ0v) is 15.6. The van der Waals surface area contributed by atoms with E-state index in [1.165, 1.54) is 0 Å². The zero-order valence-electron chi connectivity index (χ0n) is 13.6. The molecular weight excluding hydrogens is 300 g/mol. The average Bonchev–Trinajstić information content (AvgIpc) is 2.23. The Hall–Kier alpha value is -1.54. The molecule has 0 aliphatic rings. The molecule has 0 unspecified atom stereocenters. The number of carboxylic acid groups (broad SMARTS) is 1. The highest BCUT2D eigenvalue weighted by Gasteiger charge is 2.20. The van der Waals surface area contributed by atoms with Gasteiger partial charge in [-0.2, -0.15) is 0 Å². The second-order valence-electron chi connectivity index (χ2n) is 6.80. The van der Waals surface area contributed by atoms with Crippen LogP contribution < -0.4 is 8.85 Å². The molecule has 116 valence electrons. The lowest BCUT2D eigenvalue weighted by Gasteiger charge is -2.24. The van der Waals surface area contributed by atoms with E-state index in [0.29, 0.717) is 5.75 Å². The Morgan fingerprint density at radius 1 is 1.05 bits per heavy atom. The van der Waals surface area contributed by atoms with Crippen molar-refractivity contribution in [1.82, 2.24) is 0 Å². The van der Waals surface area contributed by atoms with E-state index in [1.807, 2.05) is 18.2 Å². The van der Waals surface area contributed by atoms with Crippen molar-refractivity contribution in [3.8, 4) is 11.5 Å². The van der Waals surface area contributed by atoms with Gasteiger partial charge in [-0.25, -0.2) is 4.79 Å². The normalized spacial score (nSPS) is 12.5. The van der Waals surface area contributed by atoms with E-state index in [2.05, 4.69) is 39.3 Å². The van der Waals surface area contributed by atoms with E-state index < -0.39 is 22.6 Å². The van der Waals surface area contributed by atoms with Gasteiger partial charge in [-0.3, -0.25) is 0 Å². The molecule has 1 rings (SSSR count). The SMILES string of the molecule is C[Si](C)(C)Oc1ccc(C=CC(=O)O)c(O[Si](C)(C)C)c1. The van der Waals surface area contributed by atoms with Crippen LogP contribution in [0.15, 0.2) is 24.3 Å². The first-order valence-electron chi connectivity index (χ1n) is 6.89. The van der Waals surface area contributed by atoms with Crippen LogP contribution in [0, 0.1) is 0 Å². The monoisotopic (exact) mass is 324 g/mol. The van der Waals surface area contributed by atoms with Crippen molar-refractivity contribution in [3.05, 3.63) is 29.8 Å². The van der Waals surface area contributed by atoms with E-state index in [0.717, 1.165) is 17.4 Å². The molecule has 0 aliphatic heterocycles. The largest absolute Gasteiger partial charge is 0.544 e. The molecule has 0 amide bonds. The van der Waals surface area contributed by atoms with Gasteiger partial charge in [0.2, 0.25) is 16.6 Å². The van der Waals surface area contributed by atoms with Gasteiger partial charge < -0.3 is 14.0 Å². The van der Waals surface area contributed by atoms with Crippen LogP contribution >= 0.6 is 0 Å². The van der Waals surface area contributed by atoms with E-state index in [-0.39, 0.29) is 0 Å². The Labute approximate surface area is 128 Å². The van der Waals surface area contributed by atoms with Crippen molar-refractivity contribution >= 4 is 28.7 Å². The quantitative estimate of drug-likeness (QED) is 0.629. The first-order chi connectivity index (χ1) is 9.46. The summed E-state index contributed by atoms with van der Waals surface area (Å²) >= 11 is 0. The molecule has 0 atom stereocenters. The predicted molar refractivity (Wildman–Crippen MR) is 91.1 cm³/mol. The number of carbonyl (C=O) groups is 1. The van der Waals surface area contributed by atoms with Crippen molar-refractivity contribution in [2.24, 2.45) is 0 Å². The smallest absolute Gasteiger partial charge is 0.328 e. The predicted octanol–water partition coefficient (Wildman–Crippen LogP) is 4.21. The second kappa shape index (κ2) is 6.49. The van der Waals surface area contributed by atoms with Crippen molar-refractivity contribution in [1.29, 1.82) is 0 Å². The van der Waals surface area contributed by atoms with Crippen LogP contribution in [0.3, 0.4) is 0 Å². The summed E-state index contributed by atoms with van der Waals surface area (Å²) in [4.78, 5) is 10.7. The minimum atomic E-state index is -1.79. The van der Waals surface area contributed by atoms with Crippen LogP contribution in [-0.2, 0) is 4.79 Å². The fourth-order valence-corrected chi connectivity index (χ4v) is 3.32. The van der Waals surface area contributed by atoms with Gasteiger partial charge in [0.25, 0.3) is 0 Å². The number of rotatable bonds is 6. The lowest BCUT2D eigenvalue weighted by molar-refractivity contribution is -0.131. The van der Waals surface area contributed by atoms with E-state index >= 15 is 0 Å². The number of hydrogen-bond acceptors (Lipinski definition) is 3. The average molecular weight is 325 g/mol. The Kier molecular flexibility index (Phi) is 5.41. The third-order valence-corrected chi connectivity index (χ3v) is 3.91. The summed E-state index contributed by atoms with van der Waals surface area (Å²) in [5.41, 5.74) is 0.753. The summed E-state index contributed by atoms with van der Waals surface area (Å²) in [6, 6.07) is 5.55. The van der Waals surface area contributed by atoms with Crippen LogP contribution in [0.4, 0.5) is 0 Å². The molecule has 0 aromatic heterocycles. The molecule has 0 spiro atoms. The Bertz CT molecular complexity index is 540. The standard InChI is InChI=1S/C15H24O4Si2/c1-20(2,3)18-13-9-7-12(8-10-15(16)17)14(11-13)19-21(4,5)6/h7-11H,1-6H3,(H,16,17). The highest BCUT2D eigenvalue weighted by atomic mass is 28.4. The number of aliphatic carboxylic acids is 1. The number of carboxylic acids is 1. The summed E-state index contributed by atoms with van der Waals surface area (Å²) in [6.45, 7) is 12.6. The molecule has 4 nitrogen and oxygen atoms in total. The van der Waals surface area contributed by atoms with E-state index in [4.69, 9.17) is 14.0 Å². The van der Waals surface area contributed by atoms with Crippen LogP contribution in [0.25, 0.3) is 6.08 Å². The molecule has 21 heavy (non-hydrogen) atoms. The fourth-order valence-electron chi connectivity index (χ4n) is 1.65. The van der Waals surface area contributed by atoms with Gasteiger partial charge in [-0.05, 0) is 57.5 Å². The molecule has 0 saturated heterocycles. The van der Waals surface area contributed by atoms with Gasteiger partial charge in [0.15, 0.2) is 0 Å². The number of benzene rings is 1. The topological polar surface area (TPSA) is 55.8 Å². The van der Waals surface area contributed by atoms with Crippen molar-refractivity contribution < 1.29 is 18.8 Å². The third-order valence-electron chi connectivity index (χ3n) is 2.23. The molecule has 0 radical (unpaired) electrons. The van der Waals surface area contributed by atoms with E-state index in [1.54, 1.807) is 6.08 Å². The Morgan fingerprint density at radius 3 is 2.10 bits per heavy atom. The molecule has 0 bridgehead atoms. The molecule has 0 saturated carbocycles. The zero-order chi connectivity index (χ0) is 16.3. The molecule has 6 heteroatoms. The van der Waals surface area contributed by atoms with Crippen molar-refractivity contribution in [3.63, 3.8) is 0 Å². The van der Waals surface area contributed by atoms with E-state index in [9.17, 15) is 4.79 Å². The third kappa shape index (κ3) is 7.15. The Balaban J connectivity index is 3.16. The molecule has 0 heterocycles. The molecule has 0 fully saturated rings. The second-order valence-corrected chi connectivity index (χ2v) is 15.7. The van der Waals surface area contributed by atoms with Gasteiger partial charge in [-0.15, -0.1) is 0 Å². The molecule has 1 N–H and O–H groups in total. The van der Waals surface area contributed by atoms with Crippen LogP contribution in [-0.4, -0.2) is 27.7 Å². The fraction of sp³-hybridized carbons (Fsp3) is 0.400. The summed E-state index contributed by atoms with van der Waals surface area (Å²) < 4.78 is 12.0. The first-order valence-corrected chi connectivity index (χ1v) is 13.7. The highest BCUT2D eigenvalue weighted by Crippen LogP contribution is 2.29. The maximum atomic E-state index is 10.7. The minimum absolute atomic E-state index is 0.683. The minimum Gasteiger partial charge on any atom is -0.544 e. The van der Waals surface area contributed by atoms with Crippen LogP contribution in [0.5, 0.6) is 11.5 Å². The molecule has 0 aliphatic carbocycles. The lowest BCUT2D eigenvalue weighted by Crippen LogP contribution is -2.30. The molecular formula is C15H24O4Si2. The van der Waals surface area contributed by atoms with Crippen molar-refractivity contribution in [2.75, 3.05) is 0 Å². The lowest BCUT2D eigenvalue weighted by atomic mass is 10.2. The maximum Gasteiger partial charge on any atom is 0.328 e. The van der Waals surface area contributed by atoms with Crippen LogP contribution in [0.1, 0.15) is 5.56 Å². The number of hydrogen-bond donors (Lipinski definition) is 1. The van der Waals surface area contributed by atoms with Crippen molar-refractivity contribution in [2.45, 2.75) is 39.3 Å². The van der Waals surface area contributed by atoms with Gasteiger partial charge >= 0.3 is 5.97 Å². The van der Waals surface area contributed by atoms with Gasteiger partial charge in [-0.1, -0.05) is 0 Å². The van der Waals surface area contributed by atoms with Crippen LogP contribution in [0.2, 0.25) is 39.3 Å². The summed E-state index contributed by atoms with van der Waals surface area (Å²) in [5, 5.41) is 8.77.